The second-order valence-electron chi connectivity index (χ2n) is 7.73. The number of nitrogens with zero attached hydrogens (tertiary/aromatic N) is 1. The molecule has 1 aliphatic heterocycles. The molecule has 4 atom stereocenters. The number of amides is 3. The molecular weight excluding hydrogens is 454 g/mol. The number of carboxylic acid groups (broad SMARTS) is 2. The summed E-state index contributed by atoms with van der Waals surface area (Å²) in [4.78, 5) is 63.7. The van der Waals surface area contributed by atoms with E-state index in [9.17, 15) is 34.2 Å². The number of carboxylic acids is 2. The zero-order valence-corrected chi connectivity index (χ0v) is 18.7. The van der Waals surface area contributed by atoms with Gasteiger partial charge < -0.3 is 48.1 Å². The first-order valence-corrected chi connectivity index (χ1v) is 10.8. The zero-order chi connectivity index (χ0) is 25.7. The van der Waals surface area contributed by atoms with E-state index in [0.29, 0.717) is 13.0 Å². The molecule has 0 spiro atoms. The van der Waals surface area contributed by atoms with Gasteiger partial charge in [0.2, 0.25) is 17.7 Å². The molecule has 0 saturated carbocycles. The molecule has 192 valence electrons. The van der Waals surface area contributed by atoms with Gasteiger partial charge in [0.25, 0.3) is 0 Å². The molecule has 3 amide bonds. The number of hydrogen-bond acceptors (Lipinski definition) is 8. The molecule has 0 aromatic rings. The Hall–Kier alpha value is -3.46. The fourth-order valence-corrected chi connectivity index (χ4v) is 3.22. The fourth-order valence-electron chi connectivity index (χ4n) is 3.22. The summed E-state index contributed by atoms with van der Waals surface area (Å²) in [5.41, 5.74) is 10.4. The number of guanidine groups is 1. The molecule has 0 aromatic heterocycles. The molecule has 1 rings (SSSR count). The number of hydrogen-bond donors (Lipinski definition) is 9. The largest absolute Gasteiger partial charge is 0.481 e. The highest BCUT2D eigenvalue weighted by atomic mass is 16.4. The van der Waals surface area contributed by atoms with Crippen LogP contribution in [0, 0.1) is 0 Å². The maximum atomic E-state index is 12.7. The second kappa shape index (κ2) is 14.6. The van der Waals surface area contributed by atoms with Crippen molar-refractivity contribution in [2.24, 2.45) is 16.5 Å². The smallest absolute Gasteiger partial charge is 0.326 e. The third-order valence-electron chi connectivity index (χ3n) is 5.03. The molecule has 0 aromatic carbocycles. The maximum absolute atomic E-state index is 12.7. The quantitative estimate of drug-likeness (QED) is 0.0614. The van der Waals surface area contributed by atoms with Gasteiger partial charge in [-0.15, -0.1) is 0 Å². The van der Waals surface area contributed by atoms with Crippen molar-refractivity contribution in [3.63, 3.8) is 0 Å². The minimum atomic E-state index is -1.42. The summed E-state index contributed by atoms with van der Waals surface area (Å²) in [6, 6.07) is -4.65. The summed E-state index contributed by atoms with van der Waals surface area (Å²) < 4.78 is 0. The summed E-state index contributed by atoms with van der Waals surface area (Å²) in [5, 5.41) is 37.7. The van der Waals surface area contributed by atoms with E-state index in [1.54, 1.807) is 0 Å². The number of nitrogens with two attached hydrogens (primary N) is 2. The minimum Gasteiger partial charge on any atom is -0.481 e. The highest BCUT2D eigenvalue weighted by Crippen LogP contribution is 2.06. The molecule has 11 N–H and O–H groups in total. The number of aliphatic carboxylic acids is 2. The van der Waals surface area contributed by atoms with Crippen LogP contribution in [0.4, 0.5) is 0 Å². The lowest BCUT2D eigenvalue weighted by atomic mass is 10.1. The van der Waals surface area contributed by atoms with Crippen molar-refractivity contribution < 1.29 is 39.3 Å². The number of aliphatic hydroxyl groups excluding tert-OH is 1. The van der Waals surface area contributed by atoms with E-state index >= 15 is 0 Å². The zero-order valence-electron chi connectivity index (χ0n) is 18.7. The average molecular weight is 488 g/mol. The molecule has 1 heterocycles. The molecular formula is C19H33N7O8. The van der Waals surface area contributed by atoms with Crippen molar-refractivity contribution in [1.82, 2.24) is 21.3 Å². The van der Waals surface area contributed by atoms with Crippen LogP contribution in [0.15, 0.2) is 4.99 Å². The van der Waals surface area contributed by atoms with Gasteiger partial charge in [-0.25, -0.2) is 4.79 Å². The lowest BCUT2D eigenvalue weighted by Gasteiger charge is -2.24. The van der Waals surface area contributed by atoms with E-state index in [-0.39, 0.29) is 31.8 Å². The van der Waals surface area contributed by atoms with E-state index in [1.165, 1.54) is 0 Å². The van der Waals surface area contributed by atoms with Gasteiger partial charge in [-0.1, -0.05) is 0 Å². The molecule has 4 unspecified atom stereocenters. The SMILES string of the molecule is NC(N)=NCCCC(NC(=O)C(CCC(=O)O)NC(=O)C(CO)NC(=O)C1CCCN1)C(=O)O. The van der Waals surface area contributed by atoms with Crippen molar-refractivity contribution >= 4 is 35.6 Å². The highest BCUT2D eigenvalue weighted by Gasteiger charge is 2.31. The lowest BCUT2D eigenvalue weighted by molar-refractivity contribution is -0.143. The predicted octanol–water partition coefficient (Wildman–Crippen LogP) is -3.81. The fraction of sp³-hybridized carbons (Fsp3) is 0.684. The average Bonchev–Trinajstić information content (AvgIpc) is 3.31. The topological polar surface area (TPSA) is 259 Å². The number of rotatable bonds is 15. The van der Waals surface area contributed by atoms with Crippen molar-refractivity contribution in [3.05, 3.63) is 0 Å². The van der Waals surface area contributed by atoms with Crippen LogP contribution >= 0.6 is 0 Å². The molecule has 34 heavy (non-hydrogen) atoms. The van der Waals surface area contributed by atoms with Gasteiger partial charge in [-0.2, -0.15) is 0 Å². The molecule has 1 fully saturated rings. The Morgan fingerprint density at radius 2 is 1.62 bits per heavy atom. The summed E-state index contributed by atoms with van der Waals surface area (Å²) in [6.45, 7) is 0.0111. The normalized spacial score (nSPS) is 17.6. The molecule has 1 aliphatic rings. The number of nitrogens with one attached hydrogen (secondary N) is 4. The van der Waals surface area contributed by atoms with Crippen LogP contribution in [0.5, 0.6) is 0 Å². The van der Waals surface area contributed by atoms with E-state index < -0.39 is 66.9 Å². The van der Waals surface area contributed by atoms with Crippen molar-refractivity contribution in [3.8, 4) is 0 Å². The monoisotopic (exact) mass is 487 g/mol. The maximum Gasteiger partial charge on any atom is 0.326 e. The van der Waals surface area contributed by atoms with Gasteiger partial charge in [0.1, 0.15) is 18.1 Å². The van der Waals surface area contributed by atoms with Crippen molar-refractivity contribution in [1.29, 1.82) is 0 Å². The van der Waals surface area contributed by atoms with Crippen LogP contribution < -0.4 is 32.7 Å². The Bertz CT molecular complexity index is 766. The minimum absolute atomic E-state index is 0.0266. The summed E-state index contributed by atoms with van der Waals surface area (Å²) >= 11 is 0. The Labute approximate surface area is 195 Å². The first kappa shape index (κ1) is 28.6. The molecule has 15 nitrogen and oxygen atoms in total. The molecule has 0 bridgehead atoms. The van der Waals surface area contributed by atoms with Gasteiger partial charge in [-0.05, 0) is 38.6 Å². The van der Waals surface area contributed by atoms with Crippen LogP contribution in [0.2, 0.25) is 0 Å². The molecule has 15 heteroatoms. The number of carbonyl (C=O) groups excluding carboxylic acids is 3. The van der Waals surface area contributed by atoms with E-state index in [4.69, 9.17) is 16.6 Å². The Balaban J connectivity index is 2.81. The lowest BCUT2D eigenvalue weighted by Crippen LogP contribution is -2.58. The summed E-state index contributed by atoms with van der Waals surface area (Å²) in [7, 11) is 0. The van der Waals surface area contributed by atoms with Crippen LogP contribution in [0.25, 0.3) is 0 Å². The van der Waals surface area contributed by atoms with Gasteiger partial charge in [0.05, 0.1) is 12.6 Å². The molecule has 0 aliphatic carbocycles. The third-order valence-corrected chi connectivity index (χ3v) is 5.03. The standard InChI is InChI=1S/C19H33N7O8/c20-19(21)23-8-2-4-12(18(33)34)25-16(31)11(5-6-14(28)29)24-17(32)13(9-27)26-15(30)10-3-1-7-22-10/h10-13,22,27H,1-9H2,(H,24,32)(H,25,31)(H,26,30)(H,28,29)(H,33,34)(H4,20,21,23). The van der Waals surface area contributed by atoms with E-state index in [1.807, 2.05) is 0 Å². The van der Waals surface area contributed by atoms with Crippen LogP contribution in [-0.4, -0.2) is 94.8 Å². The van der Waals surface area contributed by atoms with Crippen LogP contribution in [0.3, 0.4) is 0 Å². The number of aliphatic imine (C=N–C) groups is 1. The highest BCUT2D eigenvalue weighted by molar-refractivity contribution is 5.94. The predicted molar refractivity (Wildman–Crippen MR) is 118 cm³/mol. The Morgan fingerprint density at radius 1 is 0.971 bits per heavy atom. The number of aliphatic hydroxyl groups is 1. The van der Waals surface area contributed by atoms with Crippen molar-refractivity contribution in [2.45, 2.75) is 62.7 Å². The van der Waals surface area contributed by atoms with Gasteiger partial charge in [0.15, 0.2) is 5.96 Å². The molecule has 1 saturated heterocycles. The van der Waals surface area contributed by atoms with Crippen molar-refractivity contribution in [2.75, 3.05) is 19.7 Å². The van der Waals surface area contributed by atoms with E-state index in [0.717, 1.165) is 6.42 Å². The van der Waals surface area contributed by atoms with Gasteiger partial charge >= 0.3 is 11.9 Å². The van der Waals surface area contributed by atoms with Gasteiger partial charge in [0, 0.05) is 13.0 Å². The number of carbonyl (C=O) groups is 5. The molecule has 0 radical (unpaired) electrons. The summed E-state index contributed by atoms with van der Waals surface area (Å²) in [6.07, 6.45) is 0.708. The van der Waals surface area contributed by atoms with Crippen LogP contribution in [-0.2, 0) is 24.0 Å². The van der Waals surface area contributed by atoms with Gasteiger partial charge in [-0.3, -0.25) is 24.2 Å². The third kappa shape index (κ3) is 10.4. The Kier molecular flexibility index (Phi) is 12.3. The van der Waals surface area contributed by atoms with Crippen LogP contribution in [0.1, 0.15) is 38.5 Å². The first-order valence-electron chi connectivity index (χ1n) is 10.8. The second-order valence-corrected chi connectivity index (χ2v) is 7.73. The Morgan fingerprint density at radius 3 is 2.15 bits per heavy atom. The summed E-state index contributed by atoms with van der Waals surface area (Å²) in [5.74, 6) is -5.08. The first-order chi connectivity index (χ1) is 16.0. The van der Waals surface area contributed by atoms with E-state index in [2.05, 4.69) is 26.3 Å².